The first-order valence-electron chi connectivity index (χ1n) is 6.14. The number of carboxylic acid groups (broad SMARTS) is 1. The highest BCUT2D eigenvalue weighted by Gasteiger charge is 2.08. The Morgan fingerprint density at radius 2 is 1.95 bits per heavy atom. The lowest BCUT2D eigenvalue weighted by atomic mass is 10.1. The van der Waals surface area contributed by atoms with Gasteiger partial charge >= 0.3 is 11.9 Å². The third-order valence-corrected chi connectivity index (χ3v) is 2.45. The van der Waals surface area contributed by atoms with E-state index in [2.05, 4.69) is 0 Å². The topological polar surface area (TPSA) is 93.1 Å². The molecule has 0 unspecified atom stereocenters. The number of hydrogen-bond donors (Lipinski definition) is 2. The molecule has 0 aliphatic carbocycles. The second-order valence-electron chi connectivity index (χ2n) is 3.92. The average molecular weight is 292 g/mol. The van der Waals surface area contributed by atoms with Gasteiger partial charge in [-0.05, 0) is 36.8 Å². The first kappa shape index (κ1) is 16.3. The number of methoxy groups -OCH3 is 1. The van der Waals surface area contributed by atoms with E-state index >= 15 is 0 Å². The van der Waals surface area contributed by atoms with Crippen LogP contribution in [-0.4, -0.2) is 35.9 Å². The van der Waals surface area contributed by atoms with Gasteiger partial charge in [-0.3, -0.25) is 0 Å². The molecule has 1 rings (SSSR count). The third-order valence-electron chi connectivity index (χ3n) is 2.45. The van der Waals surface area contributed by atoms with E-state index < -0.39 is 11.9 Å². The minimum Gasteiger partial charge on any atom is -0.504 e. The van der Waals surface area contributed by atoms with Gasteiger partial charge in [-0.15, -0.1) is 0 Å². The number of phenols is 1. The van der Waals surface area contributed by atoms with E-state index in [0.29, 0.717) is 11.1 Å². The van der Waals surface area contributed by atoms with Crippen LogP contribution in [0.3, 0.4) is 0 Å². The van der Waals surface area contributed by atoms with Gasteiger partial charge in [-0.1, -0.05) is 0 Å². The van der Waals surface area contributed by atoms with Crippen molar-refractivity contribution in [3.8, 4) is 11.5 Å². The number of esters is 1. The standard InChI is InChI=1S/C15H16O6/c1-3-21-14(18)7-5-11-8-10(4-6-13(16)17)9-12(20-2)15(11)19/h4-9,19H,3H2,1-2H3,(H,16,17). The predicted octanol–water partition coefficient (Wildman–Crippen LogP) is 2.07. The number of hydrogen-bond acceptors (Lipinski definition) is 5. The maximum atomic E-state index is 11.3. The van der Waals surface area contributed by atoms with Gasteiger partial charge in [-0.2, -0.15) is 0 Å². The summed E-state index contributed by atoms with van der Waals surface area (Å²) in [6.07, 6.45) is 4.85. The Morgan fingerprint density at radius 1 is 1.24 bits per heavy atom. The highest BCUT2D eigenvalue weighted by Crippen LogP contribution is 2.32. The quantitative estimate of drug-likeness (QED) is 0.616. The smallest absolute Gasteiger partial charge is 0.330 e. The van der Waals surface area contributed by atoms with Crippen molar-refractivity contribution in [3.05, 3.63) is 35.4 Å². The second kappa shape index (κ2) is 7.74. The van der Waals surface area contributed by atoms with E-state index in [1.165, 1.54) is 37.5 Å². The molecule has 6 heteroatoms. The van der Waals surface area contributed by atoms with Gasteiger partial charge < -0.3 is 19.7 Å². The molecule has 0 aliphatic rings. The number of rotatable bonds is 6. The molecule has 112 valence electrons. The predicted molar refractivity (Wildman–Crippen MR) is 77.0 cm³/mol. The molecule has 6 nitrogen and oxygen atoms in total. The molecule has 21 heavy (non-hydrogen) atoms. The average Bonchev–Trinajstić information content (AvgIpc) is 2.45. The number of benzene rings is 1. The van der Waals surface area contributed by atoms with Crippen molar-refractivity contribution in [2.75, 3.05) is 13.7 Å². The van der Waals surface area contributed by atoms with E-state index in [9.17, 15) is 14.7 Å². The van der Waals surface area contributed by atoms with Crippen molar-refractivity contribution < 1.29 is 29.3 Å². The molecule has 0 atom stereocenters. The number of ether oxygens (including phenoxy) is 2. The molecule has 0 aromatic heterocycles. The van der Waals surface area contributed by atoms with Crippen molar-refractivity contribution in [2.45, 2.75) is 6.92 Å². The normalized spacial score (nSPS) is 11.0. The molecular formula is C15H16O6. The molecule has 0 spiro atoms. The van der Waals surface area contributed by atoms with Crippen molar-refractivity contribution in [2.24, 2.45) is 0 Å². The molecule has 0 saturated carbocycles. The number of phenolic OH excluding ortho intramolecular Hbond substituents is 1. The maximum Gasteiger partial charge on any atom is 0.330 e. The molecule has 2 N–H and O–H groups in total. The fraction of sp³-hybridized carbons (Fsp3) is 0.200. The van der Waals surface area contributed by atoms with Gasteiger partial charge in [-0.25, -0.2) is 9.59 Å². The number of carboxylic acids is 1. The SMILES string of the molecule is CCOC(=O)C=Cc1cc(C=CC(=O)O)cc(OC)c1O. The Kier molecular flexibility index (Phi) is 6.00. The van der Waals surface area contributed by atoms with Crippen molar-refractivity contribution in [1.82, 2.24) is 0 Å². The van der Waals surface area contributed by atoms with Crippen molar-refractivity contribution in [1.29, 1.82) is 0 Å². The zero-order chi connectivity index (χ0) is 15.8. The highest BCUT2D eigenvalue weighted by atomic mass is 16.5. The fourth-order valence-electron chi connectivity index (χ4n) is 1.55. The van der Waals surface area contributed by atoms with Crippen LogP contribution in [0.2, 0.25) is 0 Å². The van der Waals surface area contributed by atoms with Crippen LogP contribution in [0.5, 0.6) is 11.5 Å². The van der Waals surface area contributed by atoms with Gasteiger partial charge in [0.05, 0.1) is 13.7 Å². The Morgan fingerprint density at radius 3 is 2.52 bits per heavy atom. The maximum absolute atomic E-state index is 11.3. The zero-order valence-electron chi connectivity index (χ0n) is 11.7. The summed E-state index contributed by atoms with van der Waals surface area (Å²) in [6, 6.07) is 3.00. The number of carbonyl (C=O) groups excluding carboxylic acids is 1. The molecule has 0 amide bonds. The molecule has 0 radical (unpaired) electrons. The van der Waals surface area contributed by atoms with Crippen molar-refractivity contribution >= 4 is 24.1 Å². The molecule has 0 bridgehead atoms. The van der Waals surface area contributed by atoms with E-state index in [4.69, 9.17) is 14.6 Å². The molecule has 1 aromatic carbocycles. The van der Waals surface area contributed by atoms with Crippen LogP contribution in [0.25, 0.3) is 12.2 Å². The van der Waals surface area contributed by atoms with Crippen LogP contribution in [0.15, 0.2) is 24.3 Å². The largest absolute Gasteiger partial charge is 0.504 e. The molecular weight excluding hydrogens is 276 g/mol. The van der Waals surface area contributed by atoms with Crippen LogP contribution in [-0.2, 0) is 14.3 Å². The molecule has 0 saturated heterocycles. The Bertz CT molecular complexity index is 586. The summed E-state index contributed by atoms with van der Waals surface area (Å²) in [4.78, 5) is 21.8. The molecule has 0 aliphatic heterocycles. The summed E-state index contributed by atoms with van der Waals surface area (Å²) in [6.45, 7) is 1.93. The van der Waals surface area contributed by atoms with E-state index in [1.54, 1.807) is 6.92 Å². The summed E-state index contributed by atoms with van der Waals surface area (Å²) in [5.41, 5.74) is 0.822. The number of carbonyl (C=O) groups is 2. The molecule has 1 aromatic rings. The molecule has 0 heterocycles. The van der Waals surface area contributed by atoms with Gasteiger partial charge in [0.2, 0.25) is 0 Å². The van der Waals surface area contributed by atoms with Gasteiger partial charge in [0.15, 0.2) is 11.5 Å². The van der Waals surface area contributed by atoms with E-state index in [-0.39, 0.29) is 18.1 Å². The fourth-order valence-corrected chi connectivity index (χ4v) is 1.55. The van der Waals surface area contributed by atoms with Gasteiger partial charge in [0.1, 0.15) is 0 Å². The summed E-state index contributed by atoms with van der Waals surface area (Å²) in [5, 5.41) is 18.6. The molecule has 0 fully saturated rings. The van der Waals surface area contributed by atoms with Crippen LogP contribution >= 0.6 is 0 Å². The van der Waals surface area contributed by atoms with Crippen LogP contribution in [0.1, 0.15) is 18.1 Å². The van der Waals surface area contributed by atoms with E-state index in [0.717, 1.165) is 6.08 Å². The lowest BCUT2D eigenvalue weighted by molar-refractivity contribution is -0.137. The minimum atomic E-state index is -1.09. The summed E-state index contributed by atoms with van der Waals surface area (Å²) in [7, 11) is 1.37. The Hall–Kier alpha value is -2.76. The van der Waals surface area contributed by atoms with Crippen LogP contribution in [0.4, 0.5) is 0 Å². The van der Waals surface area contributed by atoms with Gasteiger partial charge in [0.25, 0.3) is 0 Å². The lowest BCUT2D eigenvalue weighted by Crippen LogP contribution is -1.98. The van der Waals surface area contributed by atoms with Crippen LogP contribution in [0, 0.1) is 0 Å². The van der Waals surface area contributed by atoms with Gasteiger partial charge in [0, 0.05) is 17.7 Å². The number of aliphatic carboxylic acids is 1. The third kappa shape index (κ3) is 5.02. The lowest BCUT2D eigenvalue weighted by Gasteiger charge is -2.08. The zero-order valence-corrected chi connectivity index (χ0v) is 11.7. The summed E-state index contributed by atoms with van der Waals surface area (Å²) < 4.78 is 9.74. The highest BCUT2D eigenvalue weighted by molar-refractivity contribution is 5.89. The minimum absolute atomic E-state index is 0.148. The summed E-state index contributed by atoms with van der Waals surface area (Å²) >= 11 is 0. The van der Waals surface area contributed by atoms with Crippen LogP contribution < -0.4 is 4.74 Å². The second-order valence-corrected chi connectivity index (χ2v) is 3.92. The number of aromatic hydroxyl groups is 1. The van der Waals surface area contributed by atoms with E-state index in [1.807, 2.05) is 0 Å². The Balaban J connectivity index is 3.14. The monoisotopic (exact) mass is 292 g/mol. The first-order valence-corrected chi connectivity index (χ1v) is 6.14. The summed E-state index contributed by atoms with van der Waals surface area (Å²) in [5.74, 6) is -1.61. The Labute approximate surface area is 121 Å². The van der Waals surface area contributed by atoms with Crippen molar-refractivity contribution in [3.63, 3.8) is 0 Å². The first-order chi connectivity index (χ1) is 9.97.